The van der Waals surface area contributed by atoms with E-state index in [0.29, 0.717) is 24.2 Å². The second kappa shape index (κ2) is 8.30. The first-order chi connectivity index (χ1) is 14.7. The average Bonchev–Trinajstić information content (AvgIpc) is 3.00. The molecule has 0 spiro atoms. The highest BCUT2D eigenvalue weighted by Gasteiger charge is 2.40. The highest BCUT2D eigenvalue weighted by Crippen LogP contribution is 2.36. The summed E-state index contributed by atoms with van der Waals surface area (Å²) < 4.78 is 45.9. The molecule has 1 fully saturated rings. The third-order valence-electron chi connectivity index (χ3n) is 5.39. The van der Waals surface area contributed by atoms with Gasteiger partial charge in [-0.3, -0.25) is 4.79 Å². The van der Waals surface area contributed by atoms with Crippen LogP contribution in [0.25, 0.3) is 11.3 Å². The lowest BCUT2D eigenvalue weighted by Gasteiger charge is -2.26. The Morgan fingerprint density at radius 1 is 1.45 bits per heavy atom. The van der Waals surface area contributed by atoms with Crippen molar-refractivity contribution in [3.63, 3.8) is 0 Å². The summed E-state index contributed by atoms with van der Waals surface area (Å²) >= 11 is 6.26. The van der Waals surface area contributed by atoms with E-state index in [4.69, 9.17) is 16.3 Å². The number of aromatic nitrogens is 2. The molecule has 0 radical (unpaired) electrons. The Kier molecular flexibility index (Phi) is 5.86. The summed E-state index contributed by atoms with van der Waals surface area (Å²) in [6.07, 6.45) is 0.611. The molecule has 2 aliphatic heterocycles. The van der Waals surface area contributed by atoms with Crippen molar-refractivity contribution in [2.24, 2.45) is 0 Å². The lowest BCUT2D eigenvalue weighted by atomic mass is 10.1. The van der Waals surface area contributed by atoms with Gasteiger partial charge in [0.05, 0.1) is 34.5 Å². The lowest BCUT2D eigenvalue weighted by Crippen LogP contribution is -2.39. The Bertz CT molecular complexity index is 1130. The molecule has 9 nitrogen and oxygen atoms in total. The lowest BCUT2D eigenvalue weighted by molar-refractivity contribution is -0.140. The number of hydrogen-bond donors (Lipinski definition) is 2. The number of ether oxygens (including phenoxy) is 1. The summed E-state index contributed by atoms with van der Waals surface area (Å²) in [7, 11) is -3.99. The Hall–Kier alpha value is -2.34. The molecule has 3 heterocycles. The van der Waals surface area contributed by atoms with E-state index >= 15 is 0 Å². The van der Waals surface area contributed by atoms with E-state index in [-0.39, 0.29) is 34.7 Å². The summed E-state index contributed by atoms with van der Waals surface area (Å²) in [6.45, 7) is 1.70. The number of rotatable bonds is 5. The number of aliphatic carboxylic acids is 1. The quantitative estimate of drug-likeness (QED) is 0.682. The fraction of sp³-hybridized carbons (Fsp3) is 0.421. The van der Waals surface area contributed by atoms with E-state index in [0.717, 1.165) is 4.31 Å². The summed E-state index contributed by atoms with van der Waals surface area (Å²) in [4.78, 5) is 19.8. The predicted molar refractivity (Wildman–Crippen MR) is 110 cm³/mol. The standard InChI is InChI=1S/C19H20ClFN4O5S/c1-10(18(26)27)25-8-12-3-2-11(6-16(12)31(25,28)29)17-13(20)7-22-19(24-17)23-15-4-5-30-9-14(15)21/h2-3,6-7,10,14-15H,4-5,8-9H2,1H3,(H,26,27)(H,22,23,24)/t10-,14-,15-/m1/s1. The van der Waals surface area contributed by atoms with E-state index in [1.165, 1.54) is 19.2 Å². The maximum absolute atomic E-state index is 14.0. The molecule has 1 aromatic heterocycles. The van der Waals surface area contributed by atoms with Crippen molar-refractivity contribution in [2.45, 2.75) is 43.0 Å². The molecule has 1 saturated heterocycles. The van der Waals surface area contributed by atoms with Crippen LogP contribution < -0.4 is 5.32 Å². The second-order valence-electron chi connectivity index (χ2n) is 7.41. The monoisotopic (exact) mass is 470 g/mol. The number of carboxylic acid groups (broad SMARTS) is 1. The molecule has 0 unspecified atom stereocenters. The molecule has 3 atom stereocenters. The molecule has 1 aromatic carbocycles. The number of alkyl halides is 1. The maximum atomic E-state index is 14.0. The molecule has 2 aliphatic rings. The first-order valence-electron chi connectivity index (χ1n) is 9.57. The number of benzene rings is 1. The first kappa shape index (κ1) is 21.9. The first-order valence-corrected chi connectivity index (χ1v) is 11.4. The van der Waals surface area contributed by atoms with Crippen LogP contribution in [-0.2, 0) is 26.1 Å². The summed E-state index contributed by atoms with van der Waals surface area (Å²) in [5.41, 5.74) is 1.19. The SMILES string of the molecule is C[C@H](C(=O)O)N1Cc2ccc(-c3nc(N[C@@H]4CCOC[C@H]4F)ncc3Cl)cc2S1(=O)=O. The molecule has 2 N–H and O–H groups in total. The van der Waals surface area contributed by atoms with Crippen molar-refractivity contribution >= 4 is 33.5 Å². The number of fused-ring (bicyclic) bond motifs is 1. The molecule has 0 aliphatic carbocycles. The van der Waals surface area contributed by atoms with Gasteiger partial charge in [0.1, 0.15) is 12.2 Å². The average molecular weight is 471 g/mol. The van der Waals surface area contributed by atoms with Crippen LogP contribution in [0.15, 0.2) is 29.3 Å². The fourth-order valence-electron chi connectivity index (χ4n) is 3.59. The highest BCUT2D eigenvalue weighted by atomic mass is 35.5. The van der Waals surface area contributed by atoms with Crippen LogP contribution in [0, 0.1) is 0 Å². The summed E-state index contributed by atoms with van der Waals surface area (Å²) in [5, 5.41) is 12.4. The van der Waals surface area contributed by atoms with Gasteiger partial charge in [-0.05, 0) is 25.0 Å². The molecular formula is C19H20ClFN4O5S. The Balaban J connectivity index is 1.66. The largest absolute Gasteiger partial charge is 0.480 e. The van der Waals surface area contributed by atoms with Crippen LogP contribution in [0.3, 0.4) is 0 Å². The van der Waals surface area contributed by atoms with Crippen LogP contribution in [0.1, 0.15) is 18.9 Å². The highest BCUT2D eigenvalue weighted by molar-refractivity contribution is 7.89. The smallest absolute Gasteiger partial charge is 0.321 e. The summed E-state index contributed by atoms with van der Waals surface area (Å²) in [6, 6.07) is 2.98. The van der Waals surface area contributed by atoms with Gasteiger partial charge in [-0.15, -0.1) is 0 Å². The minimum atomic E-state index is -3.99. The summed E-state index contributed by atoms with van der Waals surface area (Å²) in [5.74, 6) is -1.07. The number of carboxylic acids is 1. The van der Waals surface area contributed by atoms with Gasteiger partial charge in [0.25, 0.3) is 0 Å². The number of hydrogen-bond acceptors (Lipinski definition) is 7. The van der Waals surface area contributed by atoms with E-state index in [1.54, 1.807) is 12.1 Å². The van der Waals surface area contributed by atoms with Gasteiger partial charge >= 0.3 is 5.97 Å². The number of anilines is 1. The van der Waals surface area contributed by atoms with Crippen LogP contribution in [0.4, 0.5) is 10.3 Å². The van der Waals surface area contributed by atoms with Crippen LogP contribution in [-0.4, -0.2) is 65.2 Å². The molecule has 2 aromatic rings. The number of nitrogens with one attached hydrogen (secondary N) is 1. The Morgan fingerprint density at radius 2 is 2.23 bits per heavy atom. The zero-order valence-electron chi connectivity index (χ0n) is 16.5. The third kappa shape index (κ3) is 4.10. The van der Waals surface area contributed by atoms with Crippen molar-refractivity contribution in [3.05, 3.63) is 35.0 Å². The van der Waals surface area contributed by atoms with Crippen LogP contribution >= 0.6 is 11.6 Å². The number of halogens is 2. The maximum Gasteiger partial charge on any atom is 0.321 e. The number of carbonyl (C=O) groups is 1. The second-order valence-corrected chi connectivity index (χ2v) is 9.67. The van der Waals surface area contributed by atoms with Crippen molar-refractivity contribution in [3.8, 4) is 11.3 Å². The zero-order valence-corrected chi connectivity index (χ0v) is 18.0. The molecule has 31 heavy (non-hydrogen) atoms. The molecule has 12 heteroatoms. The molecule has 0 amide bonds. The van der Waals surface area contributed by atoms with Crippen LogP contribution in [0.2, 0.25) is 5.02 Å². The Labute approximate surface area is 183 Å². The topological polar surface area (TPSA) is 122 Å². The molecule has 4 rings (SSSR count). The minimum absolute atomic E-state index is 0.00788. The van der Waals surface area contributed by atoms with Crippen molar-refractivity contribution in [1.82, 2.24) is 14.3 Å². The van der Waals surface area contributed by atoms with Gasteiger partial charge in [-0.2, -0.15) is 4.31 Å². The third-order valence-corrected chi connectivity index (χ3v) is 7.66. The minimum Gasteiger partial charge on any atom is -0.480 e. The molecular weight excluding hydrogens is 451 g/mol. The Morgan fingerprint density at radius 3 is 2.94 bits per heavy atom. The van der Waals surface area contributed by atoms with E-state index < -0.39 is 34.2 Å². The van der Waals surface area contributed by atoms with Gasteiger partial charge in [-0.1, -0.05) is 23.7 Å². The van der Waals surface area contributed by atoms with Gasteiger partial charge in [0.2, 0.25) is 16.0 Å². The van der Waals surface area contributed by atoms with Gasteiger partial charge in [0, 0.05) is 18.7 Å². The molecule has 166 valence electrons. The zero-order chi connectivity index (χ0) is 22.3. The number of sulfonamides is 1. The number of nitrogens with zero attached hydrogens (tertiary/aromatic N) is 3. The molecule has 0 saturated carbocycles. The van der Waals surface area contributed by atoms with Gasteiger partial charge < -0.3 is 15.2 Å². The fourth-order valence-corrected chi connectivity index (χ4v) is 5.60. The molecule has 0 bridgehead atoms. The van der Waals surface area contributed by atoms with Crippen molar-refractivity contribution in [1.29, 1.82) is 0 Å². The van der Waals surface area contributed by atoms with E-state index in [9.17, 15) is 22.7 Å². The normalized spacial score (nSPS) is 23.8. The van der Waals surface area contributed by atoms with Gasteiger partial charge in [-0.25, -0.2) is 22.8 Å². The van der Waals surface area contributed by atoms with E-state index in [2.05, 4.69) is 15.3 Å². The van der Waals surface area contributed by atoms with E-state index in [1.807, 2.05) is 0 Å². The van der Waals surface area contributed by atoms with Crippen molar-refractivity contribution < 1.29 is 27.4 Å². The van der Waals surface area contributed by atoms with Crippen LogP contribution in [0.5, 0.6) is 0 Å². The van der Waals surface area contributed by atoms with Gasteiger partial charge in [0.15, 0.2) is 0 Å². The van der Waals surface area contributed by atoms with Crippen molar-refractivity contribution in [2.75, 3.05) is 18.5 Å². The predicted octanol–water partition coefficient (Wildman–Crippen LogP) is 2.31.